The van der Waals surface area contributed by atoms with Crippen molar-refractivity contribution >= 4 is 22.9 Å². The number of rotatable bonds is 5. The monoisotopic (exact) mass is 282 g/mol. The highest BCUT2D eigenvalue weighted by molar-refractivity contribution is 7.16. The van der Waals surface area contributed by atoms with Crippen LogP contribution < -0.4 is 4.74 Å². The van der Waals surface area contributed by atoms with Crippen molar-refractivity contribution in [2.45, 2.75) is 18.9 Å². The fourth-order valence-electron chi connectivity index (χ4n) is 1.84. The third kappa shape index (κ3) is 3.73. The lowest BCUT2D eigenvalue weighted by Gasteiger charge is -2.10. The highest BCUT2D eigenvalue weighted by Crippen LogP contribution is 2.23. The van der Waals surface area contributed by atoms with E-state index in [0.29, 0.717) is 12.8 Å². The molecule has 0 aliphatic carbocycles. The summed E-state index contributed by atoms with van der Waals surface area (Å²) in [6.07, 6.45) is 0.855. The topological polar surface area (TPSA) is 29.5 Å². The Labute approximate surface area is 116 Å². The van der Waals surface area contributed by atoms with Crippen molar-refractivity contribution in [3.63, 3.8) is 0 Å². The highest BCUT2D eigenvalue weighted by Gasteiger charge is 2.09. The highest BCUT2D eigenvalue weighted by atomic mass is 35.5. The van der Waals surface area contributed by atoms with Crippen molar-refractivity contribution in [1.29, 1.82) is 0 Å². The van der Waals surface area contributed by atoms with Gasteiger partial charge in [0, 0.05) is 11.3 Å². The van der Waals surface area contributed by atoms with Crippen LogP contribution >= 0.6 is 22.9 Å². The summed E-state index contributed by atoms with van der Waals surface area (Å²) in [6, 6.07) is 11.6. The SMILES string of the molecule is COc1cccc(CC(O)Cc2ccc(Cl)s2)c1. The summed E-state index contributed by atoms with van der Waals surface area (Å²) in [5, 5.41) is 10.1. The zero-order chi connectivity index (χ0) is 13.0. The lowest BCUT2D eigenvalue weighted by atomic mass is 10.0. The van der Waals surface area contributed by atoms with Crippen LogP contribution in [0, 0.1) is 0 Å². The van der Waals surface area contributed by atoms with Gasteiger partial charge in [0.15, 0.2) is 0 Å². The second-order valence-corrected chi connectivity index (χ2v) is 5.92. The third-order valence-corrected chi connectivity index (χ3v) is 3.92. The van der Waals surface area contributed by atoms with Crippen LogP contribution in [0.2, 0.25) is 4.34 Å². The summed E-state index contributed by atoms with van der Waals surface area (Å²) < 4.78 is 5.92. The molecule has 1 heterocycles. The molecule has 2 rings (SSSR count). The van der Waals surface area contributed by atoms with E-state index in [0.717, 1.165) is 20.5 Å². The summed E-state index contributed by atoms with van der Waals surface area (Å²) in [7, 11) is 1.64. The van der Waals surface area contributed by atoms with Gasteiger partial charge in [-0.3, -0.25) is 0 Å². The molecule has 0 fully saturated rings. The fraction of sp³-hybridized carbons (Fsp3) is 0.286. The second kappa shape index (κ2) is 6.23. The Morgan fingerprint density at radius 3 is 2.78 bits per heavy atom. The summed E-state index contributed by atoms with van der Waals surface area (Å²) in [5.74, 6) is 0.818. The number of hydrogen-bond donors (Lipinski definition) is 1. The van der Waals surface area contributed by atoms with E-state index in [1.54, 1.807) is 7.11 Å². The Bertz CT molecular complexity index is 510. The van der Waals surface area contributed by atoms with Crippen molar-refractivity contribution < 1.29 is 9.84 Å². The number of hydrogen-bond acceptors (Lipinski definition) is 3. The molecule has 2 nitrogen and oxygen atoms in total. The van der Waals surface area contributed by atoms with Crippen LogP contribution in [0.1, 0.15) is 10.4 Å². The molecule has 0 saturated carbocycles. The Balaban J connectivity index is 1.96. The Morgan fingerprint density at radius 2 is 2.11 bits per heavy atom. The van der Waals surface area contributed by atoms with Gasteiger partial charge in [-0.15, -0.1) is 11.3 Å². The van der Waals surface area contributed by atoms with E-state index in [4.69, 9.17) is 16.3 Å². The van der Waals surface area contributed by atoms with E-state index in [-0.39, 0.29) is 0 Å². The van der Waals surface area contributed by atoms with Crippen LogP contribution in [0.4, 0.5) is 0 Å². The minimum absolute atomic E-state index is 0.396. The Morgan fingerprint density at radius 1 is 1.28 bits per heavy atom. The first-order valence-electron chi connectivity index (χ1n) is 5.72. The number of benzene rings is 1. The van der Waals surface area contributed by atoms with Crippen molar-refractivity contribution in [2.75, 3.05) is 7.11 Å². The van der Waals surface area contributed by atoms with E-state index < -0.39 is 6.10 Å². The zero-order valence-corrected chi connectivity index (χ0v) is 11.7. The third-order valence-electron chi connectivity index (χ3n) is 2.67. The first kappa shape index (κ1) is 13.4. The van der Waals surface area contributed by atoms with Crippen LogP contribution in [-0.2, 0) is 12.8 Å². The summed E-state index contributed by atoms with van der Waals surface area (Å²) in [6.45, 7) is 0. The van der Waals surface area contributed by atoms with Crippen LogP contribution in [0.15, 0.2) is 36.4 Å². The van der Waals surface area contributed by atoms with Gasteiger partial charge in [0.05, 0.1) is 17.6 Å². The number of methoxy groups -OCH3 is 1. The number of ether oxygens (including phenoxy) is 1. The van der Waals surface area contributed by atoms with Gasteiger partial charge in [0.25, 0.3) is 0 Å². The van der Waals surface area contributed by atoms with Crippen molar-refractivity contribution in [3.05, 3.63) is 51.2 Å². The van der Waals surface area contributed by atoms with Crippen LogP contribution in [0.3, 0.4) is 0 Å². The normalized spacial score (nSPS) is 12.4. The molecule has 0 saturated heterocycles. The van der Waals surface area contributed by atoms with Gasteiger partial charge >= 0.3 is 0 Å². The smallest absolute Gasteiger partial charge is 0.119 e. The first-order valence-corrected chi connectivity index (χ1v) is 6.92. The van der Waals surface area contributed by atoms with Crippen LogP contribution in [0.25, 0.3) is 0 Å². The number of aliphatic hydroxyl groups is 1. The lowest BCUT2D eigenvalue weighted by Crippen LogP contribution is -2.13. The maximum absolute atomic E-state index is 10.1. The van der Waals surface area contributed by atoms with Crippen molar-refractivity contribution in [1.82, 2.24) is 0 Å². The van der Waals surface area contributed by atoms with Gasteiger partial charge in [-0.05, 0) is 36.2 Å². The van der Waals surface area contributed by atoms with Crippen molar-refractivity contribution in [2.24, 2.45) is 0 Å². The molecular formula is C14H15ClO2S. The van der Waals surface area contributed by atoms with Gasteiger partial charge in [-0.2, -0.15) is 0 Å². The standard InChI is InChI=1S/C14H15ClO2S/c1-17-12-4-2-3-10(8-12)7-11(16)9-13-5-6-14(15)18-13/h2-6,8,11,16H,7,9H2,1H3. The molecule has 0 bridgehead atoms. The van der Waals surface area contributed by atoms with Crippen molar-refractivity contribution in [3.8, 4) is 5.75 Å². The average Bonchev–Trinajstić information content (AvgIpc) is 2.74. The maximum atomic E-state index is 10.1. The molecule has 96 valence electrons. The van der Waals surface area contributed by atoms with E-state index >= 15 is 0 Å². The van der Waals surface area contributed by atoms with E-state index in [1.165, 1.54) is 11.3 Å². The first-order chi connectivity index (χ1) is 8.67. The molecule has 0 spiro atoms. The second-order valence-electron chi connectivity index (χ2n) is 4.12. The van der Waals surface area contributed by atoms with Crippen LogP contribution in [0.5, 0.6) is 5.75 Å². The van der Waals surface area contributed by atoms with E-state index in [9.17, 15) is 5.11 Å². The average molecular weight is 283 g/mol. The molecular weight excluding hydrogens is 268 g/mol. The van der Waals surface area contributed by atoms with Gasteiger partial charge in [0.1, 0.15) is 5.75 Å². The van der Waals surface area contributed by atoms with E-state index in [1.807, 2.05) is 36.4 Å². The molecule has 2 aromatic rings. The molecule has 0 amide bonds. The Hall–Kier alpha value is -1.03. The molecule has 1 aromatic carbocycles. The lowest BCUT2D eigenvalue weighted by molar-refractivity contribution is 0.176. The molecule has 0 radical (unpaired) electrons. The maximum Gasteiger partial charge on any atom is 0.119 e. The van der Waals surface area contributed by atoms with Crippen LogP contribution in [-0.4, -0.2) is 18.3 Å². The molecule has 4 heteroatoms. The molecule has 18 heavy (non-hydrogen) atoms. The van der Waals surface area contributed by atoms with E-state index in [2.05, 4.69) is 0 Å². The molecule has 0 aliphatic heterocycles. The number of aliphatic hydroxyl groups excluding tert-OH is 1. The molecule has 1 unspecified atom stereocenters. The van der Waals surface area contributed by atoms with Gasteiger partial charge < -0.3 is 9.84 Å². The van der Waals surface area contributed by atoms with Gasteiger partial charge in [-0.25, -0.2) is 0 Å². The predicted octanol–water partition coefficient (Wildman–Crippen LogP) is 3.56. The molecule has 0 aliphatic rings. The molecule has 1 aromatic heterocycles. The quantitative estimate of drug-likeness (QED) is 0.909. The zero-order valence-electron chi connectivity index (χ0n) is 10.1. The predicted molar refractivity (Wildman–Crippen MR) is 75.7 cm³/mol. The number of thiophene rings is 1. The number of halogens is 1. The summed E-state index contributed by atoms with van der Waals surface area (Å²) >= 11 is 7.38. The Kier molecular flexibility index (Phi) is 4.64. The molecule has 1 atom stereocenters. The summed E-state index contributed by atoms with van der Waals surface area (Å²) in [5.41, 5.74) is 1.07. The minimum Gasteiger partial charge on any atom is -0.497 e. The largest absolute Gasteiger partial charge is 0.497 e. The fourth-order valence-corrected chi connectivity index (χ4v) is 3.00. The van der Waals surface area contributed by atoms with Gasteiger partial charge in [-0.1, -0.05) is 23.7 Å². The van der Waals surface area contributed by atoms with Gasteiger partial charge in [0.2, 0.25) is 0 Å². The molecule has 1 N–H and O–H groups in total. The summed E-state index contributed by atoms with van der Waals surface area (Å²) in [4.78, 5) is 1.11. The minimum atomic E-state index is -0.396.